The number of hydrogen-bond acceptors (Lipinski definition) is 6. The molecule has 7 nitrogen and oxygen atoms in total. The SMILES string of the molecule is CC#CCN(CCOC)c1c2c(nc3c(-c4ccc(OC)cc4C)c(C)nn13)COC2.Cl. The molecule has 1 aliphatic heterocycles. The van der Waals surface area contributed by atoms with E-state index in [1.54, 1.807) is 14.2 Å². The van der Waals surface area contributed by atoms with Gasteiger partial charge in [-0.25, -0.2) is 4.98 Å². The quantitative estimate of drug-likeness (QED) is 0.502. The molecule has 32 heavy (non-hydrogen) atoms. The molecule has 170 valence electrons. The van der Waals surface area contributed by atoms with Gasteiger partial charge in [0.15, 0.2) is 5.65 Å². The molecule has 1 aromatic carbocycles. The minimum atomic E-state index is 0. The molecule has 1 aliphatic rings. The van der Waals surface area contributed by atoms with Crippen molar-refractivity contribution in [2.75, 3.05) is 38.8 Å². The predicted molar refractivity (Wildman–Crippen MR) is 128 cm³/mol. The van der Waals surface area contributed by atoms with Crippen LogP contribution in [-0.2, 0) is 22.7 Å². The van der Waals surface area contributed by atoms with Crippen LogP contribution in [0.5, 0.6) is 5.75 Å². The molecular weight excluding hydrogens is 428 g/mol. The van der Waals surface area contributed by atoms with Crippen molar-refractivity contribution in [2.45, 2.75) is 34.0 Å². The van der Waals surface area contributed by atoms with Gasteiger partial charge in [0, 0.05) is 24.8 Å². The van der Waals surface area contributed by atoms with Crippen LogP contribution in [-0.4, -0.2) is 48.5 Å². The molecule has 0 N–H and O–H groups in total. The Labute approximate surface area is 195 Å². The molecule has 3 heterocycles. The highest BCUT2D eigenvalue weighted by molar-refractivity contribution is 5.85. The Kier molecular flexibility index (Phi) is 7.62. The average Bonchev–Trinajstić information content (AvgIpc) is 3.36. The fourth-order valence-corrected chi connectivity index (χ4v) is 4.05. The Morgan fingerprint density at radius 2 is 2.03 bits per heavy atom. The lowest BCUT2D eigenvalue weighted by atomic mass is 10.0. The molecule has 0 fully saturated rings. The molecule has 2 aromatic heterocycles. The minimum Gasteiger partial charge on any atom is -0.497 e. The first kappa shape index (κ1) is 23.9. The molecule has 0 saturated carbocycles. The number of aromatic nitrogens is 3. The minimum absolute atomic E-state index is 0. The van der Waals surface area contributed by atoms with E-state index in [4.69, 9.17) is 24.3 Å². The number of anilines is 1. The number of ether oxygens (including phenoxy) is 3. The third-order valence-electron chi connectivity index (χ3n) is 5.60. The zero-order chi connectivity index (χ0) is 22.0. The summed E-state index contributed by atoms with van der Waals surface area (Å²) in [6.07, 6.45) is 0. The number of rotatable bonds is 7. The summed E-state index contributed by atoms with van der Waals surface area (Å²) in [7, 11) is 3.39. The number of hydrogen-bond donors (Lipinski definition) is 0. The highest BCUT2D eigenvalue weighted by Gasteiger charge is 2.27. The van der Waals surface area contributed by atoms with E-state index in [2.05, 4.69) is 29.7 Å². The molecule has 3 aromatic rings. The molecule has 0 radical (unpaired) electrons. The van der Waals surface area contributed by atoms with Gasteiger partial charge in [0.1, 0.15) is 11.6 Å². The van der Waals surface area contributed by atoms with E-state index in [0.717, 1.165) is 50.9 Å². The van der Waals surface area contributed by atoms with Crippen LogP contribution < -0.4 is 9.64 Å². The summed E-state index contributed by atoms with van der Waals surface area (Å²) in [6.45, 7) is 8.87. The van der Waals surface area contributed by atoms with Crippen molar-refractivity contribution in [3.63, 3.8) is 0 Å². The van der Waals surface area contributed by atoms with Gasteiger partial charge in [-0.1, -0.05) is 12.0 Å². The summed E-state index contributed by atoms with van der Waals surface area (Å²) in [6, 6.07) is 6.09. The van der Waals surface area contributed by atoms with E-state index in [9.17, 15) is 0 Å². The van der Waals surface area contributed by atoms with E-state index in [0.29, 0.717) is 32.9 Å². The number of fused-ring (bicyclic) bond motifs is 2. The van der Waals surface area contributed by atoms with Gasteiger partial charge in [0.05, 0.1) is 44.9 Å². The van der Waals surface area contributed by atoms with Gasteiger partial charge in [-0.05, 0) is 44.0 Å². The van der Waals surface area contributed by atoms with Crippen LogP contribution in [0.2, 0.25) is 0 Å². The van der Waals surface area contributed by atoms with E-state index < -0.39 is 0 Å². The van der Waals surface area contributed by atoms with Crippen molar-refractivity contribution in [2.24, 2.45) is 0 Å². The molecule has 0 saturated heterocycles. The molecular formula is C24H29ClN4O3. The van der Waals surface area contributed by atoms with Crippen LogP contribution in [0.25, 0.3) is 16.8 Å². The maximum Gasteiger partial charge on any atom is 0.165 e. The van der Waals surface area contributed by atoms with E-state index in [-0.39, 0.29) is 12.4 Å². The Morgan fingerprint density at radius 3 is 2.72 bits per heavy atom. The van der Waals surface area contributed by atoms with Gasteiger partial charge in [0.25, 0.3) is 0 Å². The van der Waals surface area contributed by atoms with Crippen LogP contribution in [0, 0.1) is 25.7 Å². The molecule has 0 atom stereocenters. The molecule has 0 spiro atoms. The van der Waals surface area contributed by atoms with Crippen molar-refractivity contribution in [1.29, 1.82) is 0 Å². The highest BCUT2D eigenvalue weighted by atomic mass is 35.5. The van der Waals surface area contributed by atoms with E-state index in [1.165, 1.54) is 0 Å². The van der Waals surface area contributed by atoms with Gasteiger partial charge < -0.3 is 19.1 Å². The zero-order valence-corrected chi connectivity index (χ0v) is 20.0. The van der Waals surface area contributed by atoms with Crippen molar-refractivity contribution in [3.05, 3.63) is 40.7 Å². The second-order valence-corrected chi connectivity index (χ2v) is 7.57. The summed E-state index contributed by atoms with van der Waals surface area (Å²) in [4.78, 5) is 7.20. The smallest absolute Gasteiger partial charge is 0.165 e. The van der Waals surface area contributed by atoms with Crippen LogP contribution in [0.3, 0.4) is 0 Å². The Hall–Kier alpha value is -2.79. The van der Waals surface area contributed by atoms with Crippen molar-refractivity contribution >= 4 is 23.9 Å². The normalized spacial score (nSPS) is 12.2. The van der Waals surface area contributed by atoms with Crippen molar-refractivity contribution < 1.29 is 14.2 Å². The average molecular weight is 457 g/mol. The lowest BCUT2D eigenvalue weighted by Gasteiger charge is -2.24. The Balaban J connectivity index is 0.00000289. The van der Waals surface area contributed by atoms with Crippen LogP contribution >= 0.6 is 12.4 Å². The van der Waals surface area contributed by atoms with Gasteiger partial charge in [0.2, 0.25) is 0 Å². The summed E-state index contributed by atoms with van der Waals surface area (Å²) in [5.41, 5.74) is 7.04. The molecule has 4 rings (SSSR count). The lowest BCUT2D eigenvalue weighted by molar-refractivity contribution is 0.133. The van der Waals surface area contributed by atoms with Gasteiger partial charge in [-0.3, -0.25) is 0 Å². The van der Waals surface area contributed by atoms with E-state index in [1.807, 2.05) is 30.5 Å². The molecule has 0 aliphatic carbocycles. The fourth-order valence-electron chi connectivity index (χ4n) is 4.05. The van der Waals surface area contributed by atoms with Gasteiger partial charge in [-0.2, -0.15) is 9.61 Å². The van der Waals surface area contributed by atoms with Crippen LogP contribution in [0.1, 0.15) is 29.4 Å². The van der Waals surface area contributed by atoms with Crippen molar-refractivity contribution in [3.8, 4) is 28.7 Å². The monoisotopic (exact) mass is 456 g/mol. The number of methoxy groups -OCH3 is 2. The molecule has 0 bridgehead atoms. The summed E-state index contributed by atoms with van der Waals surface area (Å²) >= 11 is 0. The predicted octanol–water partition coefficient (Wildman–Crippen LogP) is 3.95. The number of halogens is 1. The molecule has 8 heteroatoms. The number of benzene rings is 1. The first-order valence-corrected chi connectivity index (χ1v) is 10.4. The summed E-state index contributed by atoms with van der Waals surface area (Å²) < 4.78 is 18.5. The van der Waals surface area contributed by atoms with Crippen LogP contribution in [0.4, 0.5) is 5.82 Å². The maximum atomic E-state index is 5.77. The largest absolute Gasteiger partial charge is 0.497 e. The third kappa shape index (κ3) is 4.26. The Morgan fingerprint density at radius 1 is 1.22 bits per heavy atom. The van der Waals surface area contributed by atoms with Gasteiger partial charge >= 0.3 is 0 Å². The first-order valence-electron chi connectivity index (χ1n) is 10.4. The second-order valence-electron chi connectivity index (χ2n) is 7.57. The number of aryl methyl sites for hydroxylation is 2. The Bertz CT molecular complexity index is 1180. The fraction of sp³-hybridized carbons (Fsp3) is 0.417. The van der Waals surface area contributed by atoms with Crippen LogP contribution in [0.15, 0.2) is 18.2 Å². The molecule has 0 amide bonds. The van der Waals surface area contributed by atoms with Gasteiger partial charge in [-0.15, -0.1) is 18.3 Å². The summed E-state index contributed by atoms with van der Waals surface area (Å²) in [5, 5.41) is 4.92. The lowest BCUT2D eigenvalue weighted by Crippen LogP contribution is -2.31. The zero-order valence-electron chi connectivity index (χ0n) is 19.2. The van der Waals surface area contributed by atoms with E-state index >= 15 is 0 Å². The standard InChI is InChI=1S/C24H28N4O3.ClH/c1-6-7-10-27(11-12-29-4)24-20-14-31-15-21(20)25-23-22(17(3)26-28(23)24)19-9-8-18(30-5)13-16(19)2;/h8-9,13H,10-12,14-15H2,1-5H3;1H. The highest BCUT2D eigenvalue weighted by Crippen LogP contribution is 2.37. The van der Waals surface area contributed by atoms with Crippen molar-refractivity contribution in [1.82, 2.24) is 14.6 Å². The topological polar surface area (TPSA) is 61.1 Å². The second kappa shape index (κ2) is 10.2. The third-order valence-corrected chi connectivity index (χ3v) is 5.60. The summed E-state index contributed by atoms with van der Waals surface area (Å²) in [5.74, 6) is 8.01. The first-order chi connectivity index (χ1) is 15.1. The number of nitrogens with zero attached hydrogens (tertiary/aromatic N) is 4. The molecule has 0 unspecified atom stereocenters. The maximum absolute atomic E-state index is 5.77.